The second-order valence-corrected chi connectivity index (χ2v) is 4.20. The summed E-state index contributed by atoms with van der Waals surface area (Å²) in [5, 5.41) is 0. The Morgan fingerprint density at radius 3 is 2.88 bits per heavy atom. The molecule has 3 nitrogen and oxygen atoms in total. The lowest BCUT2D eigenvalue weighted by atomic mass is 9.98. The quantitative estimate of drug-likeness (QED) is 0.873. The van der Waals surface area contributed by atoms with E-state index in [-0.39, 0.29) is 0 Å². The number of hydrogen-bond acceptors (Lipinski definition) is 3. The predicted octanol–water partition coefficient (Wildman–Crippen LogP) is 2.60. The number of pyridine rings is 2. The van der Waals surface area contributed by atoms with Gasteiger partial charge in [-0.25, -0.2) is 0 Å². The summed E-state index contributed by atoms with van der Waals surface area (Å²) in [6.45, 7) is 2.88. The van der Waals surface area contributed by atoms with Gasteiger partial charge in [-0.2, -0.15) is 0 Å². The van der Waals surface area contributed by atoms with Crippen LogP contribution in [0.25, 0.3) is 11.3 Å². The van der Waals surface area contributed by atoms with Crippen molar-refractivity contribution in [1.82, 2.24) is 9.97 Å². The van der Waals surface area contributed by atoms with Gasteiger partial charge in [0.25, 0.3) is 0 Å². The Balaban J connectivity index is 2.29. The first-order valence-corrected chi connectivity index (χ1v) is 5.87. The van der Waals surface area contributed by atoms with Crippen LogP contribution in [-0.4, -0.2) is 16.5 Å². The van der Waals surface area contributed by atoms with Crippen molar-refractivity contribution in [3.05, 3.63) is 48.4 Å². The third-order valence-electron chi connectivity index (χ3n) is 2.89. The van der Waals surface area contributed by atoms with Crippen molar-refractivity contribution in [1.29, 1.82) is 0 Å². The highest BCUT2D eigenvalue weighted by Crippen LogP contribution is 2.22. The maximum absolute atomic E-state index is 5.58. The largest absolute Gasteiger partial charge is 0.330 e. The molecule has 2 aromatic rings. The minimum Gasteiger partial charge on any atom is -0.330 e. The zero-order valence-electron chi connectivity index (χ0n) is 10.0. The Kier molecular flexibility index (Phi) is 3.83. The van der Waals surface area contributed by atoms with Gasteiger partial charge in [-0.1, -0.05) is 13.0 Å². The molecule has 0 saturated heterocycles. The fraction of sp³-hybridized carbons (Fsp3) is 0.286. The van der Waals surface area contributed by atoms with E-state index in [1.165, 1.54) is 5.56 Å². The average molecular weight is 227 g/mol. The summed E-state index contributed by atoms with van der Waals surface area (Å²) in [4.78, 5) is 8.61. The molecule has 2 rings (SSSR count). The minimum absolute atomic E-state index is 0.441. The Morgan fingerprint density at radius 1 is 1.29 bits per heavy atom. The Hall–Kier alpha value is -1.74. The molecule has 0 aliphatic rings. The first kappa shape index (κ1) is 11.7. The first-order chi connectivity index (χ1) is 8.31. The zero-order chi connectivity index (χ0) is 12.1. The van der Waals surface area contributed by atoms with Crippen LogP contribution in [0.1, 0.15) is 24.8 Å². The lowest BCUT2D eigenvalue weighted by molar-refractivity contribution is 0.687. The first-order valence-electron chi connectivity index (χ1n) is 5.87. The van der Waals surface area contributed by atoms with E-state index >= 15 is 0 Å². The van der Waals surface area contributed by atoms with Crippen LogP contribution in [0.5, 0.6) is 0 Å². The van der Waals surface area contributed by atoms with Gasteiger partial charge in [0.05, 0.1) is 5.69 Å². The van der Waals surface area contributed by atoms with Gasteiger partial charge in [0.2, 0.25) is 0 Å². The maximum atomic E-state index is 5.58. The third-order valence-corrected chi connectivity index (χ3v) is 2.89. The summed E-state index contributed by atoms with van der Waals surface area (Å²) >= 11 is 0. The van der Waals surface area contributed by atoms with Gasteiger partial charge < -0.3 is 5.73 Å². The molecule has 0 amide bonds. The molecule has 0 spiro atoms. The van der Waals surface area contributed by atoms with E-state index in [1.54, 1.807) is 6.20 Å². The van der Waals surface area contributed by atoms with Gasteiger partial charge in [0.15, 0.2) is 0 Å². The van der Waals surface area contributed by atoms with E-state index < -0.39 is 0 Å². The smallest absolute Gasteiger partial charge is 0.0717 e. The number of nitrogens with two attached hydrogens (primary N) is 1. The molecule has 2 aromatic heterocycles. The van der Waals surface area contributed by atoms with Crippen LogP contribution in [0.2, 0.25) is 0 Å². The SMILES string of the molecule is CC(CCN)c1cncc(-c2ccccn2)c1. The van der Waals surface area contributed by atoms with Crippen LogP contribution < -0.4 is 5.73 Å². The topological polar surface area (TPSA) is 51.8 Å². The van der Waals surface area contributed by atoms with Gasteiger partial charge in [-0.05, 0) is 42.6 Å². The molecular formula is C14H17N3. The predicted molar refractivity (Wildman–Crippen MR) is 69.6 cm³/mol. The van der Waals surface area contributed by atoms with E-state index in [0.29, 0.717) is 12.5 Å². The fourth-order valence-corrected chi connectivity index (χ4v) is 1.82. The van der Waals surface area contributed by atoms with E-state index in [4.69, 9.17) is 5.73 Å². The zero-order valence-corrected chi connectivity index (χ0v) is 10.0. The van der Waals surface area contributed by atoms with E-state index in [2.05, 4.69) is 23.0 Å². The monoisotopic (exact) mass is 227 g/mol. The lowest BCUT2D eigenvalue weighted by Crippen LogP contribution is -2.05. The van der Waals surface area contributed by atoms with E-state index in [9.17, 15) is 0 Å². The summed E-state index contributed by atoms with van der Waals surface area (Å²) in [6.07, 6.45) is 6.53. The van der Waals surface area contributed by atoms with Crippen LogP contribution in [0.15, 0.2) is 42.9 Å². The van der Waals surface area contributed by atoms with Crippen LogP contribution in [-0.2, 0) is 0 Å². The van der Waals surface area contributed by atoms with E-state index in [0.717, 1.165) is 17.7 Å². The highest BCUT2D eigenvalue weighted by molar-refractivity contribution is 5.58. The number of nitrogens with zero attached hydrogens (tertiary/aromatic N) is 2. The van der Waals surface area contributed by atoms with Crippen LogP contribution in [0.3, 0.4) is 0 Å². The molecule has 88 valence electrons. The number of hydrogen-bond donors (Lipinski definition) is 1. The minimum atomic E-state index is 0.441. The molecule has 0 fully saturated rings. The van der Waals surface area contributed by atoms with Gasteiger partial charge in [0, 0.05) is 24.2 Å². The van der Waals surface area contributed by atoms with Crippen molar-refractivity contribution in [3.8, 4) is 11.3 Å². The molecule has 1 unspecified atom stereocenters. The molecule has 17 heavy (non-hydrogen) atoms. The van der Waals surface area contributed by atoms with Crippen molar-refractivity contribution in [2.24, 2.45) is 5.73 Å². The normalized spacial score (nSPS) is 12.4. The van der Waals surface area contributed by atoms with Crippen molar-refractivity contribution >= 4 is 0 Å². The Labute approximate surface area is 102 Å². The second-order valence-electron chi connectivity index (χ2n) is 4.20. The molecular weight excluding hydrogens is 210 g/mol. The molecule has 1 atom stereocenters. The molecule has 2 N–H and O–H groups in total. The molecule has 0 radical (unpaired) electrons. The molecule has 2 heterocycles. The second kappa shape index (κ2) is 5.55. The van der Waals surface area contributed by atoms with Crippen molar-refractivity contribution in [3.63, 3.8) is 0 Å². The van der Waals surface area contributed by atoms with Crippen molar-refractivity contribution in [2.75, 3.05) is 6.54 Å². The van der Waals surface area contributed by atoms with Gasteiger partial charge in [-0.15, -0.1) is 0 Å². The Morgan fingerprint density at radius 2 is 2.18 bits per heavy atom. The lowest BCUT2D eigenvalue weighted by Gasteiger charge is -2.11. The summed E-state index contributed by atoms with van der Waals surface area (Å²) in [5.41, 5.74) is 8.83. The maximum Gasteiger partial charge on any atom is 0.0717 e. The number of rotatable bonds is 4. The highest BCUT2D eigenvalue weighted by Gasteiger charge is 2.07. The fourth-order valence-electron chi connectivity index (χ4n) is 1.82. The Bertz CT molecular complexity index is 468. The molecule has 0 aromatic carbocycles. The molecule has 0 saturated carbocycles. The van der Waals surface area contributed by atoms with Crippen LogP contribution in [0, 0.1) is 0 Å². The molecule has 3 heteroatoms. The summed E-state index contributed by atoms with van der Waals surface area (Å²) < 4.78 is 0. The van der Waals surface area contributed by atoms with Gasteiger partial charge >= 0.3 is 0 Å². The molecule has 0 bridgehead atoms. The standard InChI is InChI=1S/C14H17N3/c1-11(5-6-15)12-8-13(10-16-9-12)14-4-2-3-7-17-14/h2-4,7-11H,5-6,15H2,1H3. The molecule has 0 aliphatic heterocycles. The highest BCUT2D eigenvalue weighted by atomic mass is 14.7. The van der Waals surface area contributed by atoms with Crippen LogP contribution in [0.4, 0.5) is 0 Å². The number of aromatic nitrogens is 2. The third kappa shape index (κ3) is 2.88. The average Bonchev–Trinajstić information content (AvgIpc) is 2.40. The van der Waals surface area contributed by atoms with Crippen LogP contribution >= 0.6 is 0 Å². The van der Waals surface area contributed by atoms with Crippen molar-refractivity contribution in [2.45, 2.75) is 19.3 Å². The summed E-state index contributed by atoms with van der Waals surface area (Å²) in [5.74, 6) is 0.441. The van der Waals surface area contributed by atoms with Crippen molar-refractivity contribution < 1.29 is 0 Å². The van der Waals surface area contributed by atoms with Gasteiger partial charge in [-0.3, -0.25) is 9.97 Å². The summed E-state index contributed by atoms with van der Waals surface area (Å²) in [7, 11) is 0. The van der Waals surface area contributed by atoms with E-state index in [1.807, 2.05) is 30.6 Å². The summed E-state index contributed by atoms with van der Waals surface area (Å²) in [6, 6.07) is 8.04. The van der Waals surface area contributed by atoms with Gasteiger partial charge in [0.1, 0.15) is 0 Å². The molecule has 0 aliphatic carbocycles.